The van der Waals surface area contributed by atoms with Gasteiger partial charge in [0.1, 0.15) is 5.51 Å². The first kappa shape index (κ1) is 15.5. The minimum Gasteiger partial charge on any atom is -0.379 e. The Morgan fingerprint density at radius 2 is 2.30 bits per heavy atom. The van der Waals surface area contributed by atoms with Crippen molar-refractivity contribution in [3.8, 4) is 0 Å². The Kier molecular flexibility index (Phi) is 4.61. The molecule has 0 radical (unpaired) electrons. The van der Waals surface area contributed by atoms with E-state index in [0.717, 1.165) is 44.5 Å². The molecule has 2 saturated heterocycles. The summed E-state index contributed by atoms with van der Waals surface area (Å²) in [5.41, 5.74) is 3.47. The fraction of sp³-hybridized carbons (Fsp3) is 0.625. The number of ether oxygens (including phenoxy) is 1. The second-order valence-electron chi connectivity index (χ2n) is 6.64. The lowest BCUT2D eigenvalue weighted by Gasteiger charge is -2.43. The monoisotopic (exact) mass is 350 g/mol. The van der Waals surface area contributed by atoms with Gasteiger partial charge in [-0.25, -0.2) is 0 Å². The number of anilines is 1. The number of thiophene rings is 1. The Labute approximate surface area is 144 Å². The van der Waals surface area contributed by atoms with E-state index in [4.69, 9.17) is 4.74 Å². The van der Waals surface area contributed by atoms with E-state index in [0.29, 0.717) is 0 Å². The number of rotatable bonds is 3. The van der Waals surface area contributed by atoms with Crippen LogP contribution < -0.4 is 4.90 Å². The molecule has 0 N–H and O–H groups in total. The molecule has 1 spiro atoms. The van der Waals surface area contributed by atoms with Gasteiger partial charge in [0.15, 0.2) is 0 Å². The molecule has 2 fully saturated rings. The normalized spacial score (nSPS) is 26.5. The zero-order chi connectivity index (χ0) is 15.5. The summed E-state index contributed by atoms with van der Waals surface area (Å²) >= 11 is 3.41. The van der Waals surface area contributed by atoms with Crippen molar-refractivity contribution in [3.63, 3.8) is 0 Å². The number of nitrogens with zero attached hydrogens (tertiary/aromatic N) is 4. The molecule has 4 rings (SSSR count). The molecule has 2 aliphatic heterocycles. The Morgan fingerprint density at radius 3 is 3.13 bits per heavy atom. The zero-order valence-electron chi connectivity index (χ0n) is 13.2. The molecule has 0 unspecified atom stereocenters. The van der Waals surface area contributed by atoms with Crippen LogP contribution in [0.1, 0.15) is 18.4 Å². The van der Waals surface area contributed by atoms with Crippen LogP contribution in [0, 0.1) is 5.41 Å². The lowest BCUT2D eigenvalue weighted by molar-refractivity contribution is 0.0107. The molecule has 0 aromatic carbocycles. The highest BCUT2D eigenvalue weighted by Gasteiger charge is 2.39. The van der Waals surface area contributed by atoms with Crippen LogP contribution in [0.25, 0.3) is 0 Å². The smallest absolute Gasteiger partial charge is 0.208 e. The Morgan fingerprint density at radius 1 is 1.30 bits per heavy atom. The third kappa shape index (κ3) is 3.57. The molecule has 0 amide bonds. The van der Waals surface area contributed by atoms with Gasteiger partial charge in [0.25, 0.3) is 0 Å². The topological polar surface area (TPSA) is 41.5 Å². The van der Waals surface area contributed by atoms with E-state index >= 15 is 0 Å². The van der Waals surface area contributed by atoms with Crippen LogP contribution in [0.3, 0.4) is 0 Å². The lowest BCUT2D eigenvalue weighted by Crippen LogP contribution is -2.50. The predicted octanol–water partition coefficient (Wildman–Crippen LogP) is 2.72. The van der Waals surface area contributed by atoms with Gasteiger partial charge in [-0.15, -0.1) is 10.2 Å². The van der Waals surface area contributed by atoms with Gasteiger partial charge in [-0.1, -0.05) is 11.3 Å². The Bertz CT molecular complexity index is 604. The average Bonchev–Trinajstić information content (AvgIpc) is 3.22. The molecular formula is C16H22N4OS2. The Balaban J connectivity index is 1.48. The van der Waals surface area contributed by atoms with Crippen molar-refractivity contribution < 1.29 is 4.74 Å². The van der Waals surface area contributed by atoms with Gasteiger partial charge in [0.05, 0.1) is 13.2 Å². The third-order valence-corrected chi connectivity index (χ3v) is 6.27. The zero-order valence-corrected chi connectivity index (χ0v) is 14.8. The molecule has 7 heteroatoms. The largest absolute Gasteiger partial charge is 0.379 e. The summed E-state index contributed by atoms with van der Waals surface area (Å²) in [6, 6.07) is 2.24. The van der Waals surface area contributed by atoms with Crippen LogP contribution in [0.5, 0.6) is 0 Å². The first-order chi connectivity index (χ1) is 11.3. The predicted molar refractivity (Wildman–Crippen MR) is 94.2 cm³/mol. The van der Waals surface area contributed by atoms with E-state index in [2.05, 4.69) is 36.8 Å². The highest BCUT2D eigenvalue weighted by atomic mass is 32.1. The van der Waals surface area contributed by atoms with Crippen molar-refractivity contribution in [1.29, 1.82) is 0 Å². The van der Waals surface area contributed by atoms with Crippen LogP contribution in [-0.2, 0) is 11.3 Å². The van der Waals surface area contributed by atoms with Crippen molar-refractivity contribution in [3.05, 3.63) is 27.9 Å². The summed E-state index contributed by atoms with van der Waals surface area (Å²) in [4.78, 5) is 4.97. The van der Waals surface area contributed by atoms with Crippen molar-refractivity contribution in [2.75, 3.05) is 44.3 Å². The number of hydrogen-bond donors (Lipinski definition) is 0. The fourth-order valence-corrected chi connectivity index (χ4v) is 5.04. The molecule has 2 aromatic heterocycles. The molecule has 4 heterocycles. The number of hydrogen-bond acceptors (Lipinski definition) is 7. The molecule has 2 aliphatic rings. The van der Waals surface area contributed by atoms with E-state index in [9.17, 15) is 0 Å². The second kappa shape index (κ2) is 6.84. The molecule has 2 aromatic rings. The first-order valence-corrected chi connectivity index (χ1v) is 9.98. The maximum Gasteiger partial charge on any atom is 0.208 e. The highest BCUT2D eigenvalue weighted by Crippen LogP contribution is 2.35. The summed E-state index contributed by atoms with van der Waals surface area (Å²) in [5, 5.41) is 13.7. The highest BCUT2D eigenvalue weighted by molar-refractivity contribution is 7.13. The molecular weight excluding hydrogens is 328 g/mol. The molecule has 5 nitrogen and oxygen atoms in total. The maximum atomic E-state index is 5.99. The van der Waals surface area contributed by atoms with Crippen molar-refractivity contribution >= 4 is 27.8 Å². The van der Waals surface area contributed by atoms with Gasteiger partial charge in [0.2, 0.25) is 5.13 Å². The molecule has 0 aliphatic carbocycles. The van der Waals surface area contributed by atoms with Gasteiger partial charge in [0, 0.05) is 31.6 Å². The maximum absolute atomic E-state index is 5.99. The quantitative estimate of drug-likeness (QED) is 0.851. The van der Waals surface area contributed by atoms with Crippen molar-refractivity contribution in [2.24, 2.45) is 5.41 Å². The first-order valence-electron chi connectivity index (χ1n) is 8.15. The summed E-state index contributed by atoms with van der Waals surface area (Å²) in [5.74, 6) is 0. The summed E-state index contributed by atoms with van der Waals surface area (Å²) in [7, 11) is 0. The van der Waals surface area contributed by atoms with Gasteiger partial charge < -0.3 is 9.64 Å². The Hall–Kier alpha value is -1.02. The van der Waals surface area contributed by atoms with Crippen LogP contribution in [0.4, 0.5) is 5.13 Å². The number of likely N-dealkylation sites (tertiary alicyclic amines) is 1. The van der Waals surface area contributed by atoms with E-state index in [-0.39, 0.29) is 5.41 Å². The fourth-order valence-electron chi connectivity index (χ4n) is 3.79. The van der Waals surface area contributed by atoms with E-state index in [1.54, 1.807) is 22.7 Å². The molecule has 0 saturated carbocycles. The van der Waals surface area contributed by atoms with E-state index < -0.39 is 0 Å². The SMILES string of the molecule is c1cc(CN2CCC[C@]3(COCCN(c4nncs4)C3)C2)cs1. The third-order valence-electron chi connectivity index (χ3n) is 4.79. The van der Waals surface area contributed by atoms with Crippen LogP contribution in [-0.4, -0.2) is 54.5 Å². The van der Waals surface area contributed by atoms with Crippen LogP contribution in [0.2, 0.25) is 0 Å². The molecule has 0 bridgehead atoms. The van der Waals surface area contributed by atoms with Crippen molar-refractivity contribution in [1.82, 2.24) is 15.1 Å². The molecule has 1 atom stereocenters. The van der Waals surface area contributed by atoms with E-state index in [1.807, 2.05) is 5.51 Å². The van der Waals surface area contributed by atoms with Gasteiger partial charge >= 0.3 is 0 Å². The number of piperidine rings is 1. The summed E-state index contributed by atoms with van der Waals surface area (Å²) in [6.07, 6.45) is 2.49. The van der Waals surface area contributed by atoms with Crippen LogP contribution >= 0.6 is 22.7 Å². The lowest BCUT2D eigenvalue weighted by atomic mass is 9.80. The van der Waals surface area contributed by atoms with Gasteiger partial charge in [-0.05, 0) is 41.8 Å². The van der Waals surface area contributed by atoms with Crippen LogP contribution in [0.15, 0.2) is 22.3 Å². The number of aromatic nitrogens is 2. The molecule has 124 valence electrons. The summed E-state index contributed by atoms with van der Waals surface area (Å²) in [6.45, 7) is 6.96. The minimum absolute atomic E-state index is 0.219. The van der Waals surface area contributed by atoms with Gasteiger partial charge in [-0.3, -0.25) is 4.90 Å². The standard InChI is InChI=1S/C16H22N4OS2/c1-3-16(10-19(4-1)8-14-2-7-22-9-14)11-20(5-6-21-12-16)15-18-17-13-23-15/h2,7,9,13H,1,3-6,8,10-12H2/t16-/m0/s1. The summed E-state index contributed by atoms with van der Waals surface area (Å²) < 4.78 is 5.99. The van der Waals surface area contributed by atoms with E-state index in [1.165, 1.54) is 24.9 Å². The van der Waals surface area contributed by atoms with Crippen molar-refractivity contribution in [2.45, 2.75) is 19.4 Å². The average molecular weight is 351 g/mol. The van der Waals surface area contributed by atoms with Gasteiger partial charge in [-0.2, -0.15) is 11.3 Å². The second-order valence-corrected chi connectivity index (χ2v) is 8.23. The molecule has 23 heavy (non-hydrogen) atoms. The minimum atomic E-state index is 0.219.